The molecule has 0 bridgehead atoms. The Bertz CT molecular complexity index is 906. The van der Waals surface area contributed by atoms with Gasteiger partial charge in [0.15, 0.2) is 11.5 Å². The molecule has 2 aromatic rings. The van der Waals surface area contributed by atoms with Gasteiger partial charge in [0.1, 0.15) is 17.7 Å². The van der Waals surface area contributed by atoms with E-state index >= 15 is 0 Å². The van der Waals surface area contributed by atoms with Crippen molar-refractivity contribution in [2.75, 3.05) is 13.1 Å². The number of hydrogen-bond donors (Lipinski definition) is 1. The van der Waals surface area contributed by atoms with Crippen LogP contribution in [-0.2, 0) is 0 Å². The molecule has 1 saturated heterocycles. The van der Waals surface area contributed by atoms with Crippen LogP contribution in [0.3, 0.4) is 0 Å². The molecule has 2 aliphatic heterocycles. The Morgan fingerprint density at radius 1 is 1.00 bits per heavy atom. The van der Waals surface area contributed by atoms with Gasteiger partial charge < -0.3 is 14.8 Å². The number of fused-ring (bicyclic) bond motifs is 3. The van der Waals surface area contributed by atoms with Gasteiger partial charge in [0.2, 0.25) is 0 Å². The van der Waals surface area contributed by atoms with Crippen molar-refractivity contribution < 1.29 is 18.3 Å². The summed E-state index contributed by atoms with van der Waals surface area (Å²) in [4.78, 5) is 0. The average Bonchev–Trinajstić information content (AvgIpc) is 3.07. The molecule has 3 aliphatic rings. The molecule has 2 atom stereocenters. The van der Waals surface area contributed by atoms with Crippen molar-refractivity contribution in [2.24, 2.45) is 0 Å². The lowest BCUT2D eigenvalue weighted by Gasteiger charge is -2.25. The van der Waals surface area contributed by atoms with E-state index in [2.05, 4.69) is 5.32 Å². The Morgan fingerprint density at radius 2 is 1.76 bits per heavy atom. The van der Waals surface area contributed by atoms with E-state index in [4.69, 9.17) is 21.1 Å². The van der Waals surface area contributed by atoms with E-state index in [0.717, 1.165) is 68.6 Å². The molecular weight excluding hydrogens is 396 g/mol. The maximum Gasteiger partial charge on any atom is 0.165 e. The van der Waals surface area contributed by atoms with E-state index in [9.17, 15) is 8.78 Å². The summed E-state index contributed by atoms with van der Waals surface area (Å²) in [6.45, 7) is 1.69. The number of rotatable bonds is 3. The first kappa shape index (κ1) is 19.1. The number of ether oxygens (including phenoxy) is 2. The van der Waals surface area contributed by atoms with Gasteiger partial charge in [0.25, 0.3) is 0 Å². The fourth-order valence-electron chi connectivity index (χ4n) is 4.87. The summed E-state index contributed by atoms with van der Waals surface area (Å²) in [5, 5.41) is 3.45. The molecule has 0 amide bonds. The van der Waals surface area contributed by atoms with Crippen LogP contribution in [0.25, 0.3) is 11.1 Å². The minimum atomic E-state index is -0.671. The van der Waals surface area contributed by atoms with E-state index in [1.54, 1.807) is 6.07 Å². The predicted octanol–water partition coefficient (Wildman–Crippen LogP) is 5.83. The molecule has 2 heterocycles. The Morgan fingerprint density at radius 3 is 2.52 bits per heavy atom. The smallest absolute Gasteiger partial charge is 0.165 e. The zero-order chi connectivity index (χ0) is 20.0. The van der Waals surface area contributed by atoms with Crippen LogP contribution in [0, 0.1) is 11.6 Å². The van der Waals surface area contributed by atoms with Crippen molar-refractivity contribution in [3.63, 3.8) is 0 Å². The molecule has 1 saturated carbocycles. The van der Waals surface area contributed by atoms with Crippen LogP contribution >= 0.6 is 11.6 Å². The second-order valence-corrected chi connectivity index (χ2v) is 8.71. The fraction of sp³-hybridized carbons (Fsp3) is 0.478. The van der Waals surface area contributed by atoms with Gasteiger partial charge in [0, 0.05) is 23.0 Å². The highest BCUT2D eigenvalue weighted by molar-refractivity contribution is 6.30. The van der Waals surface area contributed by atoms with E-state index < -0.39 is 11.6 Å². The molecule has 2 aromatic carbocycles. The fourth-order valence-corrected chi connectivity index (χ4v) is 5.07. The van der Waals surface area contributed by atoms with Gasteiger partial charge in [-0.2, -0.15) is 0 Å². The molecule has 2 unspecified atom stereocenters. The quantitative estimate of drug-likeness (QED) is 0.678. The Hall–Kier alpha value is -1.85. The molecule has 29 heavy (non-hydrogen) atoms. The van der Waals surface area contributed by atoms with E-state index in [1.165, 1.54) is 6.42 Å². The van der Waals surface area contributed by atoms with Gasteiger partial charge in [-0.15, -0.1) is 0 Å². The lowest BCUT2D eigenvalue weighted by Crippen LogP contribution is -2.37. The number of nitrogens with one attached hydrogen (secondary N) is 1. The van der Waals surface area contributed by atoms with Gasteiger partial charge >= 0.3 is 0 Å². The maximum atomic E-state index is 14.7. The zero-order valence-corrected chi connectivity index (χ0v) is 16.9. The third kappa shape index (κ3) is 3.59. The van der Waals surface area contributed by atoms with E-state index in [1.807, 2.05) is 6.07 Å². The van der Waals surface area contributed by atoms with Crippen LogP contribution in [0.1, 0.15) is 50.0 Å². The molecule has 154 valence electrons. The Labute approximate surface area is 174 Å². The average molecular weight is 420 g/mol. The van der Waals surface area contributed by atoms with Crippen LogP contribution in [0.4, 0.5) is 8.78 Å². The maximum absolute atomic E-state index is 14.7. The first-order valence-corrected chi connectivity index (χ1v) is 10.8. The van der Waals surface area contributed by atoms with Crippen LogP contribution < -0.4 is 14.8 Å². The Kier molecular flexibility index (Phi) is 5.12. The minimum Gasteiger partial charge on any atom is -0.487 e. The van der Waals surface area contributed by atoms with Crippen LogP contribution in [0.2, 0.25) is 5.02 Å². The number of halogens is 3. The van der Waals surface area contributed by atoms with Gasteiger partial charge in [-0.3, -0.25) is 0 Å². The molecule has 5 rings (SSSR count). The lowest BCUT2D eigenvalue weighted by atomic mass is 9.89. The summed E-state index contributed by atoms with van der Waals surface area (Å²) in [5.74, 6) is 0.165. The SMILES string of the molecule is Fc1cc(Cl)cc(F)c1-c1cc(OC2CCCCC2)c2c(c1)C1CNCCC1O2. The molecule has 1 aliphatic carbocycles. The largest absolute Gasteiger partial charge is 0.487 e. The molecule has 6 heteroatoms. The topological polar surface area (TPSA) is 30.5 Å². The first-order valence-electron chi connectivity index (χ1n) is 10.5. The van der Waals surface area contributed by atoms with Crippen molar-refractivity contribution in [3.8, 4) is 22.6 Å². The van der Waals surface area contributed by atoms with Crippen LogP contribution in [0.5, 0.6) is 11.5 Å². The van der Waals surface area contributed by atoms with Gasteiger partial charge in [-0.05, 0) is 68.5 Å². The number of benzene rings is 2. The van der Waals surface area contributed by atoms with Gasteiger partial charge in [-0.25, -0.2) is 8.78 Å². The van der Waals surface area contributed by atoms with Crippen molar-refractivity contribution in [2.45, 2.75) is 56.7 Å². The van der Waals surface area contributed by atoms with E-state index in [0.29, 0.717) is 11.3 Å². The standard InChI is InChI=1S/C23H24ClF2NO2/c24-14-10-18(25)22(19(26)11-14)13-8-16-17-12-27-7-6-20(17)29-23(16)21(9-13)28-15-4-2-1-3-5-15/h8-11,15,17,20,27H,1-7,12H2. The van der Waals surface area contributed by atoms with Crippen LogP contribution in [0.15, 0.2) is 24.3 Å². The van der Waals surface area contributed by atoms with Gasteiger partial charge in [-0.1, -0.05) is 18.0 Å². The molecule has 1 N–H and O–H groups in total. The molecule has 0 spiro atoms. The van der Waals surface area contributed by atoms with Crippen molar-refractivity contribution in [1.29, 1.82) is 0 Å². The second-order valence-electron chi connectivity index (χ2n) is 8.27. The molecule has 3 nitrogen and oxygen atoms in total. The summed E-state index contributed by atoms with van der Waals surface area (Å²) in [6.07, 6.45) is 6.61. The predicted molar refractivity (Wildman–Crippen MR) is 109 cm³/mol. The van der Waals surface area contributed by atoms with Crippen LogP contribution in [-0.4, -0.2) is 25.3 Å². The molecular formula is C23H24ClF2NO2. The first-order chi connectivity index (χ1) is 14.1. The molecule has 0 aromatic heterocycles. The zero-order valence-electron chi connectivity index (χ0n) is 16.1. The highest BCUT2D eigenvalue weighted by Crippen LogP contribution is 2.49. The minimum absolute atomic E-state index is 0.0449. The third-order valence-electron chi connectivity index (χ3n) is 6.31. The summed E-state index contributed by atoms with van der Waals surface area (Å²) in [6, 6.07) is 5.89. The summed E-state index contributed by atoms with van der Waals surface area (Å²) in [5.41, 5.74) is 1.37. The van der Waals surface area contributed by atoms with Crippen molar-refractivity contribution in [3.05, 3.63) is 46.5 Å². The van der Waals surface area contributed by atoms with Crippen molar-refractivity contribution in [1.82, 2.24) is 5.32 Å². The summed E-state index contributed by atoms with van der Waals surface area (Å²) >= 11 is 5.82. The number of hydrogen-bond acceptors (Lipinski definition) is 3. The number of piperidine rings is 1. The normalized spacial score (nSPS) is 24.0. The molecule has 0 radical (unpaired) electrons. The lowest BCUT2D eigenvalue weighted by molar-refractivity contribution is 0.134. The van der Waals surface area contributed by atoms with Gasteiger partial charge in [0.05, 0.1) is 11.7 Å². The summed E-state index contributed by atoms with van der Waals surface area (Å²) < 4.78 is 42.0. The highest BCUT2D eigenvalue weighted by Gasteiger charge is 2.39. The summed E-state index contributed by atoms with van der Waals surface area (Å²) in [7, 11) is 0. The Balaban J connectivity index is 1.60. The van der Waals surface area contributed by atoms with E-state index in [-0.39, 0.29) is 28.7 Å². The monoisotopic (exact) mass is 419 g/mol. The highest BCUT2D eigenvalue weighted by atomic mass is 35.5. The third-order valence-corrected chi connectivity index (χ3v) is 6.53. The molecule has 2 fully saturated rings. The van der Waals surface area contributed by atoms with Crippen molar-refractivity contribution >= 4 is 11.6 Å². The second kappa shape index (κ2) is 7.77.